The van der Waals surface area contributed by atoms with Crippen molar-refractivity contribution >= 4 is 0 Å². The zero-order valence-corrected chi connectivity index (χ0v) is 10.6. The Kier molecular flexibility index (Phi) is 2.83. The van der Waals surface area contributed by atoms with Crippen molar-refractivity contribution in [3.8, 4) is 0 Å². The molecule has 0 aromatic rings. The van der Waals surface area contributed by atoms with Crippen LogP contribution in [0.2, 0.25) is 0 Å². The van der Waals surface area contributed by atoms with E-state index in [9.17, 15) is 0 Å². The van der Waals surface area contributed by atoms with Crippen LogP contribution in [0.15, 0.2) is 12.2 Å². The monoisotopic (exact) mass is 220 g/mol. The maximum atomic E-state index is 5.95. The molecule has 0 aliphatic heterocycles. The van der Waals surface area contributed by atoms with Crippen molar-refractivity contribution in [3.63, 3.8) is 0 Å². The molecule has 2 bridgehead atoms. The lowest BCUT2D eigenvalue weighted by Crippen LogP contribution is -2.28. The highest BCUT2D eigenvalue weighted by atomic mass is 16.5. The van der Waals surface area contributed by atoms with Gasteiger partial charge in [0, 0.05) is 0 Å². The number of fused-ring (bicyclic) bond motifs is 5. The normalized spacial score (nSPS) is 46.2. The van der Waals surface area contributed by atoms with Crippen molar-refractivity contribution in [1.29, 1.82) is 0 Å². The largest absolute Gasteiger partial charge is 0.378 e. The molecule has 3 rings (SSSR count). The van der Waals surface area contributed by atoms with E-state index in [2.05, 4.69) is 26.0 Å². The van der Waals surface area contributed by atoms with E-state index in [0.29, 0.717) is 6.10 Å². The first kappa shape index (κ1) is 10.8. The molecular weight excluding hydrogens is 196 g/mol. The van der Waals surface area contributed by atoms with Crippen LogP contribution in [0.4, 0.5) is 0 Å². The van der Waals surface area contributed by atoms with Crippen molar-refractivity contribution in [1.82, 2.24) is 0 Å². The van der Waals surface area contributed by atoms with Crippen LogP contribution in [0.5, 0.6) is 0 Å². The van der Waals surface area contributed by atoms with E-state index >= 15 is 0 Å². The fraction of sp³-hybridized carbons (Fsp3) is 0.867. The van der Waals surface area contributed by atoms with Gasteiger partial charge in [0.25, 0.3) is 0 Å². The molecule has 0 aromatic carbocycles. The van der Waals surface area contributed by atoms with Gasteiger partial charge in [-0.25, -0.2) is 0 Å². The van der Waals surface area contributed by atoms with E-state index in [4.69, 9.17) is 4.74 Å². The van der Waals surface area contributed by atoms with E-state index in [1.165, 1.54) is 19.3 Å². The third-order valence-corrected chi connectivity index (χ3v) is 5.32. The minimum atomic E-state index is 0.453. The smallest absolute Gasteiger partial charge is 0.0544 e. The van der Waals surface area contributed by atoms with Gasteiger partial charge in [0.15, 0.2) is 0 Å². The van der Waals surface area contributed by atoms with Crippen LogP contribution in [0, 0.1) is 29.6 Å². The molecule has 2 saturated carbocycles. The van der Waals surface area contributed by atoms with Crippen LogP contribution < -0.4 is 0 Å². The molecule has 3 aliphatic carbocycles. The van der Waals surface area contributed by atoms with Crippen LogP contribution >= 0.6 is 0 Å². The predicted octanol–water partition coefficient (Wildman–Crippen LogP) is 3.65. The van der Waals surface area contributed by atoms with Crippen LogP contribution in [0.1, 0.15) is 39.5 Å². The molecule has 2 fully saturated rings. The highest BCUT2D eigenvalue weighted by Gasteiger charge is 2.52. The molecule has 0 radical (unpaired) electrons. The number of hydrogen-bond donors (Lipinski definition) is 0. The van der Waals surface area contributed by atoms with Gasteiger partial charge in [-0.3, -0.25) is 0 Å². The number of rotatable bonds is 4. The molecule has 0 saturated heterocycles. The Bertz CT molecular complexity index is 283. The van der Waals surface area contributed by atoms with Gasteiger partial charge in [0.2, 0.25) is 0 Å². The Hall–Kier alpha value is -0.300. The first-order chi connectivity index (χ1) is 7.79. The Morgan fingerprint density at radius 2 is 2.19 bits per heavy atom. The summed E-state index contributed by atoms with van der Waals surface area (Å²) in [4.78, 5) is 0. The summed E-state index contributed by atoms with van der Waals surface area (Å²) in [6.45, 7) is 5.43. The minimum Gasteiger partial charge on any atom is -0.378 e. The second-order valence-corrected chi connectivity index (χ2v) is 6.11. The number of ether oxygens (including phenoxy) is 1. The fourth-order valence-electron chi connectivity index (χ4n) is 4.28. The molecule has 0 N–H and O–H groups in total. The number of hydrogen-bond acceptors (Lipinski definition) is 1. The molecule has 3 aliphatic rings. The summed E-state index contributed by atoms with van der Waals surface area (Å²) in [7, 11) is 0. The molecule has 0 spiro atoms. The molecule has 1 heteroatoms. The van der Waals surface area contributed by atoms with Gasteiger partial charge in [-0.05, 0) is 62.2 Å². The molecule has 90 valence electrons. The van der Waals surface area contributed by atoms with Crippen LogP contribution in [-0.2, 0) is 4.74 Å². The summed E-state index contributed by atoms with van der Waals surface area (Å²) in [5.74, 6) is 4.78. The maximum Gasteiger partial charge on any atom is 0.0544 e. The lowest BCUT2D eigenvalue weighted by molar-refractivity contribution is 0.0149. The molecule has 16 heavy (non-hydrogen) atoms. The molecule has 0 amide bonds. The zero-order valence-electron chi connectivity index (χ0n) is 10.6. The maximum absolute atomic E-state index is 5.95. The van der Waals surface area contributed by atoms with Gasteiger partial charge < -0.3 is 4.74 Å². The van der Waals surface area contributed by atoms with E-state index in [1.807, 2.05) is 0 Å². The third kappa shape index (κ3) is 1.64. The van der Waals surface area contributed by atoms with Crippen molar-refractivity contribution in [2.24, 2.45) is 29.6 Å². The fourth-order valence-corrected chi connectivity index (χ4v) is 4.28. The van der Waals surface area contributed by atoms with Crippen LogP contribution in [0.3, 0.4) is 0 Å². The Morgan fingerprint density at radius 3 is 3.00 bits per heavy atom. The van der Waals surface area contributed by atoms with Gasteiger partial charge in [-0.2, -0.15) is 0 Å². The Labute approximate surface area is 99.3 Å². The highest BCUT2D eigenvalue weighted by Crippen LogP contribution is 2.58. The van der Waals surface area contributed by atoms with E-state index in [-0.39, 0.29) is 0 Å². The summed E-state index contributed by atoms with van der Waals surface area (Å²) >= 11 is 0. The van der Waals surface area contributed by atoms with Gasteiger partial charge in [-0.15, -0.1) is 0 Å². The van der Waals surface area contributed by atoms with Crippen LogP contribution in [0.25, 0.3) is 0 Å². The lowest BCUT2D eigenvalue weighted by Gasteiger charge is -2.31. The SMILES string of the molecule is CCC(C)OCC1CC2CC1C1C=CCC21. The predicted molar refractivity (Wildman–Crippen MR) is 66.1 cm³/mol. The van der Waals surface area contributed by atoms with E-state index in [1.54, 1.807) is 0 Å². The van der Waals surface area contributed by atoms with Gasteiger partial charge in [0.05, 0.1) is 12.7 Å². The molecular formula is C15H24O. The minimum absolute atomic E-state index is 0.453. The third-order valence-electron chi connectivity index (χ3n) is 5.32. The van der Waals surface area contributed by atoms with Gasteiger partial charge in [-0.1, -0.05) is 19.1 Å². The summed E-state index contributed by atoms with van der Waals surface area (Å²) in [5.41, 5.74) is 0. The molecule has 6 atom stereocenters. The first-order valence-electron chi connectivity index (χ1n) is 7.07. The lowest BCUT2D eigenvalue weighted by atomic mass is 9.76. The quantitative estimate of drug-likeness (QED) is 0.657. The second kappa shape index (κ2) is 4.18. The highest BCUT2D eigenvalue weighted by molar-refractivity contribution is 5.13. The molecule has 0 aromatic heterocycles. The average molecular weight is 220 g/mol. The van der Waals surface area contributed by atoms with Crippen LogP contribution in [-0.4, -0.2) is 12.7 Å². The Balaban J connectivity index is 1.57. The van der Waals surface area contributed by atoms with Gasteiger partial charge in [0.1, 0.15) is 0 Å². The molecule has 0 heterocycles. The average Bonchev–Trinajstić information content (AvgIpc) is 2.96. The van der Waals surface area contributed by atoms with Crippen molar-refractivity contribution in [3.05, 3.63) is 12.2 Å². The summed E-state index contributed by atoms with van der Waals surface area (Å²) in [6, 6.07) is 0. The van der Waals surface area contributed by atoms with E-state index < -0.39 is 0 Å². The molecule has 6 unspecified atom stereocenters. The second-order valence-electron chi connectivity index (χ2n) is 6.11. The van der Waals surface area contributed by atoms with Crippen molar-refractivity contribution in [2.45, 2.75) is 45.6 Å². The zero-order chi connectivity index (χ0) is 11.1. The van der Waals surface area contributed by atoms with Crippen molar-refractivity contribution < 1.29 is 4.74 Å². The summed E-state index contributed by atoms with van der Waals surface area (Å²) in [5, 5.41) is 0. The Morgan fingerprint density at radius 1 is 1.31 bits per heavy atom. The molecule has 1 nitrogen and oxygen atoms in total. The summed E-state index contributed by atoms with van der Waals surface area (Å²) < 4.78 is 5.95. The standard InChI is InChI=1S/C15H24O/c1-3-10(2)16-9-12-7-11-8-15(12)14-6-4-5-13(11)14/h4,6,10-15H,3,5,7-9H2,1-2H3. The van der Waals surface area contributed by atoms with E-state index in [0.717, 1.165) is 42.6 Å². The first-order valence-corrected chi connectivity index (χ1v) is 7.07. The summed E-state index contributed by atoms with van der Waals surface area (Å²) in [6.07, 6.45) is 10.8. The van der Waals surface area contributed by atoms with Crippen molar-refractivity contribution in [2.75, 3.05) is 6.61 Å². The topological polar surface area (TPSA) is 9.23 Å². The van der Waals surface area contributed by atoms with Gasteiger partial charge >= 0.3 is 0 Å². The number of allylic oxidation sites excluding steroid dienone is 2.